The maximum absolute atomic E-state index is 10.7. The van der Waals surface area contributed by atoms with Gasteiger partial charge in [0.2, 0.25) is 11.5 Å². The van der Waals surface area contributed by atoms with Crippen LogP contribution in [-0.4, -0.2) is 29.2 Å². The van der Waals surface area contributed by atoms with E-state index in [-0.39, 0.29) is 5.89 Å². The summed E-state index contributed by atoms with van der Waals surface area (Å²) in [6.45, 7) is 0. The van der Waals surface area contributed by atoms with Gasteiger partial charge in [-0.2, -0.15) is 4.98 Å². The van der Waals surface area contributed by atoms with Crippen molar-refractivity contribution in [3.63, 3.8) is 0 Å². The van der Waals surface area contributed by atoms with Crippen LogP contribution in [0.15, 0.2) is 56.8 Å². The van der Waals surface area contributed by atoms with Gasteiger partial charge in [-0.15, -0.1) is 0 Å². The lowest BCUT2D eigenvalue weighted by molar-refractivity contribution is 0.112. The van der Waals surface area contributed by atoms with Crippen molar-refractivity contribution in [3.05, 3.63) is 59.9 Å². The molecule has 0 saturated carbocycles. The van der Waals surface area contributed by atoms with Gasteiger partial charge in [0, 0.05) is 11.1 Å². The van der Waals surface area contributed by atoms with E-state index in [1.54, 1.807) is 36.4 Å². The summed E-state index contributed by atoms with van der Waals surface area (Å²) in [6, 6.07) is 10.2. The second-order valence-electron chi connectivity index (χ2n) is 4.26. The van der Waals surface area contributed by atoms with Crippen molar-refractivity contribution in [3.8, 4) is 11.4 Å². The van der Waals surface area contributed by atoms with Crippen LogP contribution in [0, 0.1) is 0 Å². The van der Waals surface area contributed by atoms with Gasteiger partial charge < -0.3 is 13.8 Å². The van der Waals surface area contributed by atoms with Crippen LogP contribution in [0.1, 0.15) is 22.0 Å². The third kappa shape index (κ3) is 2.64. The van der Waals surface area contributed by atoms with Crippen molar-refractivity contribution in [2.45, 2.75) is 0 Å². The van der Waals surface area contributed by atoms with Gasteiger partial charge >= 0.3 is 0 Å². The molecule has 2 aromatic heterocycles. The van der Waals surface area contributed by atoms with E-state index in [4.69, 9.17) is 13.8 Å². The Morgan fingerprint density at radius 1 is 1.27 bits per heavy atom. The first-order valence-electron chi connectivity index (χ1n) is 6.36. The molecule has 3 rings (SSSR count). The van der Waals surface area contributed by atoms with E-state index in [1.807, 2.05) is 0 Å². The Hall–Kier alpha value is -3.22. The Bertz CT molecular complexity index is 789. The van der Waals surface area contributed by atoms with Gasteiger partial charge in [0.25, 0.3) is 5.89 Å². The number of carbonyl (C=O) groups excluding carboxylic acids is 1. The fourth-order valence-electron chi connectivity index (χ4n) is 1.84. The summed E-state index contributed by atoms with van der Waals surface area (Å²) in [4.78, 5) is 19.7. The molecule has 0 atom stereocenters. The van der Waals surface area contributed by atoms with Crippen LogP contribution < -0.4 is 0 Å². The molecule has 0 fully saturated rings. The second-order valence-corrected chi connectivity index (χ2v) is 4.26. The van der Waals surface area contributed by atoms with Crippen molar-refractivity contribution >= 4 is 12.0 Å². The molecule has 22 heavy (non-hydrogen) atoms. The summed E-state index contributed by atoms with van der Waals surface area (Å²) >= 11 is 0. The Morgan fingerprint density at radius 2 is 2.09 bits per heavy atom. The Balaban J connectivity index is 1.95. The second kappa shape index (κ2) is 6.04. The molecule has 0 aliphatic carbocycles. The smallest absolute Gasteiger partial charge is 0.284 e. The molecule has 0 unspecified atom stereocenters. The number of oxime groups is 1. The first-order valence-corrected chi connectivity index (χ1v) is 6.36. The zero-order chi connectivity index (χ0) is 15.4. The summed E-state index contributed by atoms with van der Waals surface area (Å²) in [5.41, 5.74) is 1.59. The van der Waals surface area contributed by atoms with Gasteiger partial charge in [-0.05, 0) is 12.1 Å². The summed E-state index contributed by atoms with van der Waals surface area (Å²) in [5.74, 6) is 1.00. The van der Waals surface area contributed by atoms with E-state index < -0.39 is 0 Å². The Kier molecular flexibility index (Phi) is 3.78. The minimum Gasteiger partial charge on any atom is -0.462 e. The van der Waals surface area contributed by atoms with Gasteiger partial charge in [-0.3, -0.25) is 4.79 Å². The lowest BCUT2D eigenvalue weighted by Crippen LogP contribution is -2.03. The number of hydrogen-bond acceptors (Lipinski definition) is 7. The highest BCUT2D eigenvalue weighted by Gasteiger charge is 2.19. The van der Waals surface area contributed by atoms with E-state index in [9.17, 15) is 4.79 Å². The fraction of sp³-hybridized carbons (Fsp3) is 0.0667. The number of benzene rings is 1. The van der Waals surface area contributed by atoms with Crippen molar-refractivity contribution in [2.24, 2.45) is 5.16 Å². The van der Waals surface area contributed by atoms with Crippen LogP contribution in [0.4, 0.5) is 0 Å². The minimum absolute atomic E-state index is 0.172. The Labute approximate surface area is 125 Å². The lowest BCUT2D eigenvalue weighted by atomic mass is 10.1. The third-order valence-electron chi connectivity index (χ3n) is 2.87. The van der Waals surface area contributed by atoms with Crippen LogP contribution in [0.5, 0.6) is 0 Å². The molecule has 0 aliphatic rings. The number of aromatic nitrogens is 2. The average molecular weight is 297 g/mol. The normalized spacial score (nSPS) is 11.4. The first-order chi connectivity index (χ1) is 10.8. The van der Waals surface area contributed by atoms with Gasteiger partial charge in [0.15, 0.2) is 5.76 Å². The highest BCUT2D eigenvalue weighted by Crippen LogP contribution is 2.18. The monoisotopic (exact) mass is 297 g/mol. The summed E-state index contributed by atoms with van der Waals surface area (Å²) in [7, 11) is 1.42. The molecule has 110 valence electrons. The number of hydrogen-bond donors (Lipinski definition) is 0. The topological polar surface area (TPSA) is 90.7 Å². The van der Waals surface area contributed by atoms with Gasteiger partial charge in [-0.1, -0.05) is 34.6 Å². The molecule has 0 saturated heterocycles. The predicted octanol–water partition coefficient (Wildman–Crippen LogP) is 2.54. The summed E-state index contributed by atoms with van der Waals surface area (Å²) in [5, 5.41) is 7.75. The average Bonchev–Trinajstić information content (AvgIpc) is 3.24. The maximum Gasteiger partial charge on any atom is 0.284 e. The molecular weight excluding hydrogens is 286 g/mol. The van der Waals surface area contributed by atoms with Crippen LogP contribution in [0.3, 0.4) is 0 Å². The number of rotatable bonds is 5. The highest BCUT2D eigenvalue weighted by atomic mass is 16.6. The van der Waals surface area contributed by atoms with Crippen molar-refractivity contribution in [1.82, 2.24) is 10.1 Å². The molecular formula is C15H11N3O4. The van der Waals surface area contributed by atoms with Crippen molar-refractivity contribution in [1.29, 1.82) is 0 Å². The standard InChI is InChI=1S/C15H11N3O4/c1-20-17-13(12-3-2-8-21-12)15-16-14(18-22-15)11-6-4-10(9-19)5-7-11/h2-9H,1H3. The van der Waals surface area contributed by atoms with Crippen LogP contribution >= 0.6 is 0 Å². The summed E-state index contributed by atoms with van der Waals surface area (Å²) in [6.07, 6.45) is 2.28. The van der Waals surface area contributed by atoms with Crippen molar-refractivity contribution < 1.29 is 18.6 Å². The first kappa shape index (κ1) is 13.7. The molecule has 0 spiro atoms. The SMILES string of the molecule is CON=C(c1ccco1)c1nc(-c2ccc(C=O)cc2)no1. The number of carbonyl (C=O) groups is 1. The molecule has 2 heterocycles. The molecule has 1 aromatic carbocycles. The number of nitrogens with zero attached hydrogens (tertiary/aromatic N) is 3. The predicted molar refractivity (Wildman–Crippen MR) is 76.5 cm³/mol. The van der Waals surface area contributed by atoms with Gasteiger partial charge in [0.1, 0.15) is 13.4 Å². The largest absolute Gasteiger partial charge is 0.462 e. The summed E-state index contributed by atoms with van der Waals surface area (Å²) < 4.78 is 10.5. The maximum atomic E-state index is 10.7. The number of furan rings is 1. The van der Waals surface area contributed by atoms with Gasteiger partial charge in [-0.25, -0.2) is 0 Å². The quantitative estimate of drug-likeness (QED) is 0.408. The molecule has 0 bridgehead atoms. The lowest BCUT2D eigenvalue weighted by Gasteiger charge is -1.96. The fourth-order valence-corrected chi connectivity index (χ4v) is 1.84. The highest BCUT2D eigenvalue weighted by molar-refractivity contribution is 6.07. The number of aldehydes is 1. The molecule has 0 aliphatic heterocycles. The van der Waals surface area contributed by atoms with Crippen LogP contribution in [0.25, 0.3) is 11.4 Å². The van der Waals surface area contributed by atoms with E-state index in [2.05, 4.69) is 15.3 Å². The molecule has 3 aromatic rings. The van der Waals surface area contributed by atoms with E-state index in [1.165, 1.54) is 13.4 Å². The minimum atomic E-state index is 0.172. The Morgan fingerprint density at radius 3 is 2.73 bits per heavy atom. The molecule has 0 N–H and O–H groups in total. The molecule has 7 nitrogen and oxygen atoms in total. The molecule has 0 radical (unpaired) electrons. The van der Waals surface area contributed by atoms with E-state index >= 15 is 0 Å². The molecule has 7 heteroatoms. The van der Waals surface area contributed by atoms with Crippen LogP contribution in [-0.2, 0) is 4.84 Å². The molecule has 0 amide bonds. The zero-order valence-corrected chi connectivity index (χ0v) is 11.6. The van der Waals surface area contributed by atoms with E-state index in [0.717, 1.165) is 11.8 Å². The van der Waals surface area contributed by atoms with Crippen LogP contribution in [0.2, 0.25) is 0 Å². The zero-order valence-electron chi connectivity index (χ0n) is 11.6. The van der Waals surface area contributed by atoms with Crippen molar-refractivity contribution in [2.75, 3.05) is 7.11 Å². The third-order valence-corrected chi connectivity index (χ3v) is 2.87. The van der Waals surface area contributed by atoms with Gasteiger partial charge in [0.05, 0.1) is 6.26 Å². The van der Waals surface area contributed by atoms with E-state index in [0.29, 0.717) is 22.9 Å².